The third-order valence-corrected chi connectivity index (χ3v) is 5.81. The Labute approximate surface area is 194 Å². The smallest absolute Gasteiger partial charge is 0.242 e. The Morgan fingerprint density at radius 1 is 0.939 bits per heavy atom. The first-order valence-electron chi connectivity index (χ1n) is 11.3. The third-order valence-electron chi connectivity index (χ3n) is 5.81. The van der Waals surface area contributed by atoms with Gasteiger partial charge in [0.25, 0.3) is 0 Å². The molecule has 0 N–H and O–H groups in total. The van der Waals surface area contributed by atoms with Crippen molar-refractivity contribution in [1.82, 2.24) is 9.80 Å². The summed E-state index contributed by atoms with van der Waals surface area (Å²) in [5.74, 6) is 0.0803. The lowest BCUT2D eigenvalue weighted by Crippen LogP contribution is -2.47. The third kappa shape index (κ3) is 7.31. The van der Waals surface area contributed by atoms with Gasteiger partial charge in [-0.25, -0.2) is 4.39 Å². The summed E-state index contributed by atoms with van der Waals surface area (Å²) in [6.45, 7) is 4.79. The highest BCUT2D eigenvalue weighted by molar-refractivity contribution is 5.86. The van der Waals surface area contributed by atoms with Crippen LogP contribution in [0.4, 0.5) is 4.39 Å². The van der Waals surface area contributed by atoms with Gasteiger partial charge in [0.05, 0.1) is 19.2 Å². The van der Waals surface area contributed by atoms with Crippen molar-refractivity contribution in [2.45, 2.75) is 45.7 Å². The molecule has 0 radical (unpaired) electrons. The van der Waals surface area contributed by atoms with Gasteiger partial charge in [0.2, 0.25) is 11.8 Å². The fourth-order valence-corrected chi connectivity index (χ4v) is 3.63. The molecule has 3 rings (SSSR count). The summed E-state index contributed by atoms with van der Waals surface area (Å²) in [6, 6.07) is 19.4. The average Bonchev–Trinajstić information content (AvgIpc) is 3.35. The second kappa shape index (κ2) is 12.0. The molecular formula is C27H31FN2O3. The molecule has 1 heterocycles. The normalized spacial score (nSPS) is 11.7. The number of nitrogens with zero attached hydrogens (tertiary/aromatic N) is 2. The van der Waals surface area contributed by atoms with Gasteiger partial charge in [-0.2, -0.15) is 0 Å². The summed E-state index contributed by atoms with van der Waals surface area (Å²) in [5.41, 5.74) is 1.86. The predicted octanol–water partition coefficient (Wildman–Crippen LogP) is 4.86. The molecule has 3 aromatic rings. The first-order chi connectivity index (χ1) is 16.0. The van der Waals surface area contributed by atoms with Crippen LogP contribution in [0.3, 0.4) is 0 Å². The standard InChI is InChI=1S/C27H31FN2O3/c1-3-21(2)30(26(31)18-23-11-13-24(28)14-12-23)20-27(32)29(19-25-10-7-17-33-25)16-15-22-8-5-4-6-9-22/h4-14,17,21H,3,15-16,18-20H2,1-2H3/t21-/m1/s1. The van der Waals surface area contributed by atoms with E-state index in [1.807, 2.05) is 50.2 Å². The molecule has 1 atom stereocenters. The van der Waals surface area contributed by atoms with Crippen LogP contribution in [0.15, 0.2) is 77.4 Å². The van der Waals surface area contributed by atoms with E-state index >= 15 is 0 Å². The quantitative estimate of drug-likeness (QED) is 0.419. The summed E-state index contributed by atoms with van der Waals surface area (Å²) in [4.78, 5) is 29.8. The Hall–Kier alpha value is -3.41. The molecule has 0 bridgehead atoms. The van der Waals surface area contributed by atoms with Crippen LogP contribution in [-0.2, 0) is 29.0 Å². The first-order valence-corrected chi connectivity index (χ1v) is 11.3. The Balaban J connectivity index is 1.72. The fourth-order valence-electron chi connectivity index (χ4n) is 3.63. The maximum atomic E-state index is 13.4. The number of hydrogen-bond donors (Lipinski definition) is 0. The zero-order valence-corrected chi connectivity index (χ0v) is 19.2. The van der Waals surface area contributed by atoms with E-state index in [0.29, 0.717) is 25.3 Å². The predicted molar refractivity (Wildman–Crippen MR) is 126 cm³/mol. The highest BCUT2D eigenvalue weighted by atomic mass is 19.1. The van der Waals surface area contributed by atoms with Crippen LogP contribution in [0.25, 0.3) is 0 Å². The van der Waals surface area contributed by atoms with Gasteiger partial charge in [0.1, 0.15) is 18.1 Å². The minimum atomic E-state index is -0.341. The number of benzene rings is 2. The minimum Gasteiger partial charge on any atom is -0.467 e. The molecule has 0 saturated heterocycles. The Bertz CT molecular complexity index is 1000. The van der Waals surface area contributed by atoms with E-state index in [4.69, 9.17) is 4.42 Å². The van der Waals surface area contributed by atoms with Gasteiger partial charge in [-0.3, -0.25) is 9.59 Å². The average molecular weight is 451 g/mol. The number of carbonyl (C=O) groups excluding carboxylic acids is 2. The van der Waals surface area contributed by atoms with Crippen LogP contribution in [0.2, 0.25) is 0 Å². The van der Waals surface area contributed by atoms with E-state index in [0.717, 1.165) is 17.5 Å². The molecule has 6 heteroatoms. The zero-order valence-electron chi connectivity index (χ0n) is 19.2. The number of hydrogen-bond acceptors (Lipinski definition) is 3. The van der Waals surface area contributed by atoms with Crippen LogP contribution in [0.5, 0.6) is 0 Å². The highest BCUT2D eigenvalue weighted by Gasteiger charge is 2.25. The van der Waals surface area contributed by atoms with Gasteiger partial charge in [-0.05, 0) is 55.2 Å². The van der Waals surface area contributed by atoms with Crippen LogP contribution in [0.1, 0.15) is 37.2 Å². The molecule has 0 spiro atoms. The summed E-state index contributed by atoms with van der Waals surface area (Å²) >= 11 is 0. The second-order valence-corrected chi connectivity index (χ2v) is 8.21. The number of carbonyl (C=O) groups is 2. The molecule has 5 nitrogen and oxygen atoms in total. The minimum absolute atomic E-state index is 0.00939. The van der Waals surface area contributed by atoms with Crippen molar-refractivity contribution in [3.05, 3.63) is 95.7 Å². The topological polar surface area (TPSA) is 53.8 Å². The lowest BCUT2D eigenvalue weighted by atomic mass is 10.1. The highest BCUT2D eigenvalue weighted by Crippen LogP contribution is 2.13. The maximum absolute atomic E-state index is 13.4. The second-order valence-electron chi connectivity index (χ2n) is 8.21. The van der Waals surface area contributed by atoms with E-state index < -0.39 is 0 Å². The largest absolute Gasteiger partial charge is 0.467 e. The van der Waals surface area contributed by atoms with Crippen molar-refractivity contribution < 1.29 is 18.4 Å². The molecule has 0 saturated carbocycles. The van der Waals surface area contributed by atoms with Crippen LogP contribution < -0.4 is 0 Å². The molecule has 0 aliphatic carbocycles. The molecule has 2 amide bonds. The molecule has 1 aromatic heterocycles. The SMILES string of the molecule is CC[C@@H](C)N(CC(=O)N(CCc1ccccc1)Cc1ccco1)C(=O)Cc1ccc(F)cc1. The molecule has 0 aliphatic rings. The van der Waals surface area contributed by atoms with Gasteiger partial charge in [-0.15, -0.1) is 0 Å². The lowest BCUT2D eigenvalue weighted by molar-refractivity contribution is -0.142. The van der Waals surface area contributed by atoms with Crippen LogP contribution in [0, 0.1) is 5.82 Å². The van der Waals surface area contributed by atoms with Crippen molar-refractivity contribution in [3.8, 4) is 0 Å². The van der Waals surface area contributed by atoms with Crippen molar-refractivity contribution in [2.24, 2.45) is 0 Å². The molecular weight excluding hydrogens is 419 g/mol. The molecule has 0 unspecified atom stereocenters. The van der Waals surface area contributed by atoms with E-state index in [2.05, 4.69) is 0 Å². The lowest BCUT2D eigenvalue weighted by Gasteiger charge is -2.31. The van der Waals surface area contributed by atoms with Crippen molar-refractivity contribution in [2.75, 3.05) is 13.1 Å². The van der Waals surface area contributed by atoms with Crippen molar-refractivity contribution in [3.63, 3.8) is 0 Å². The summed E-state index contributed by atoms with van der Waals surface area (Å²) in [6.07, 6.45) is 3.15. The summed E-state index contributed by atoms with van der Waals surface area (Å²) < 4.78 is 18.7. The van der Waals surface area contributed by atoms with E-state index in [1.165, 1.54) is 12.1 Å². The van der Waals surface area contributed by atoms with E-state index in [-0.39, 0.29) is 36.6 Å². The van der Waals surface area contributed by atoms with Gasteiger partial charge < -0.3 is 14.2 Å². The number of amides is 2. The maximum Gasteiger partial charge on any atom is 0.242 e. The number of halogens is 1. The molecule has 2 aromatic carbocycles. The van der Waals surface area contributed by atoms with Gasteiger partial charge in [0, 0.05) is 12.6 Å². The summed E-state index contributed by atoms with van der Waals surface area (Å²) in [7, 11) is 0. The fraction of sp³-hybridized carbons (Fsp3) is 0.333. The number of rotatable bonds is 11. The Kier molecular flexibility index (Phi) is 8.81. The Morgan fingerprint density at radius 2 is 1.67 bits per heavy atom. The molecule has 0 fully saturated rings. The van der Waals surface area contributed by atoms with Gasteiger partial charge >= 0.3 is 0 Å². The van der Waals surface area contributed by atoms with Crippen molar-refractivity contribution in [1.29, 1.82) is 0 Å². The number of furan rings is 1. The van der Waals surface area contributed by atoms with Crippen LogP contribution in [-0.4, -0.2) is 40.7 Å². The molecule has 0 aliphatic heterocycles. The molecule has 33 heavy (non-hydrogen) atoms. The van der Waals surface area contributed by atoms with Gasteiger partial charge in [0.15, 0.2) is 0 Å². The van der Waals surface area contributed by atoms with Crippen molar-refractivity contribution >= 4 is 11.8 Å². The monoisotopic (exact) mass is 450 g/mol. The van der Waals surface area contributed by atoms with Crippen LogP contribution >= 0.6 is 0 Å². The Morgan fingerprint density at radius 3 is 2.30 bits per heavy atom. The summed E-state index contributed by atoms with van der Waals surface area (Å²) in [5, 5.41) is 0. The van der Waals surface area contributed by atoms with E-state index in [1.54, 1.807) is 34.3 Å². The zero-order chi connectivity index (χ0) is 23.6. The first kappa shape index (κ1) is 24.2. The van der Waals surface area contributed by atoms with Gasteiger partial charge in [-0.1, -0.05) is 49.4 Å². The molecule has 174 valence electrons. The van der Waals surface area contributed by atoms with E-state index in [9.17, 15) is 14.0 Å².